The highest BCUT2D eigenvalue weighted by Gasteiger charge is 2.19. The fourth-order valence-corrected chi connectivity index (χ4v) is 10.5. The minimum atomic E-state index is -0.776. The summed E-state index contributed by atoms with van der Waals surface area (Å²) in [5, 5.41) is 0. The van der Waals surface area contributed by atoms with Crippen molar-refractivity contribution < 1.29 is 28.6 Å². The molecular weight excluding hydrogens is 1020 g/mol. The molecule has 0 aromatic heterocycles. The van der Waals surface area contributed by atoms with Crippen LogP contribution in [0.2, 0.25) is 0 Å². The van der Waals surface area contributed by atoms with Gasteiger partial charge in [-0.05, 0) is 96.3 Å². The van der Waals surface area contributed by atoms with Crippen molar-refractivity contribution in [3.05, 3.63) is 85.1 Å². The number of ether oxygens (including phenoxy) is 3. The molecule has 0 bridgehead atoms. The van der Waals surface area contributed by atoms with E-state index < -0.39 is 6.10 Å². The Morgan fingerprint density at radius 2 is 0.470 bits per heavy atom. The van der Waals surface area contributed by atoms with Gasteiger partial charge in [0.15, 0.2) is 6.10 Å². The van der Waals surface area contributed by atoms with Crippen molar-refractivity contribution in [3.8, 4) is 0 Å². The largest absolute Gasteiger partial charge is 0.462 e. The lowest BCUT2D eigenvalue weighted by molar-refractivity contribution is -0.167. The maximum absolute atomic E-state index is 12.9. The molecule has 0 aliphatic rings. The highest BCUT2D eigenvalue weighted by Crippen LogP contribution is 2.18. The van der Waals surface area contributed by atoms with Gasteiger partial charge in [-0.15, -0.1) is 0 Å². The molecule has 1 unspecified atom stereocenters. The Morgan fingerprint density at radius 1 is 0.253 bits per heavy atom. The van der Waals surface area contributed by atoms with Crippen LogP contribution in [-0.2, 0) is 28.6 Å². The topological polar surface area (TPSA) is 78.9 Å². The van der Waals surface area contributed by atoms with E-state index in [9.17, 15) is 14.4 Å². The van der Waals surface area contributed by atoms with Crippen LogP contribution in [0.3, 0.4) is 0 Å². The molecule has 0 fully saturated rings. The molecule has 6 nitrogen and oxygen atoms in total. The summed E-state index contributed by atoms with van der Waals surface area (Å²) >= 11 is 0. The molecule has 0 spiro atoms. The van der Waals surface area contributed by atoms with E-state index in [4.69, 9.17) is 14.2 Å². The van der Waals surface area contributed by atoms with Gasteiger partial charge in [-0.1, -0.05) is 337 Å². The van der Waals surface area contributed by atoms with Crippen LogP contribution in [0.25, 0.3) is 0 Å². The molecule has 0 saturated carbocycles. The van der Waals surface area contributed by atoms with Crippen LogP contribution in [0, 0.1) is 0 Å². The first-order chi connectivity index (χ1) is 41.0. The Labute approximate surface area is 515 Å². The average molecular weight is 1160 g/mol. The van der Waals surface area contributed by atoms with Crippen LogP contribution in [-0.4, -0.2) is 37.2 Å². The van der Waals surface area contributed by atoms with E-state index in [0.29, 0.717) is 19.3 Å². The van der Waals surface area contributed by atoms with Crippen molar-refractivity contribution in [1.82, 2.24) is 0 Å². The Hall–Kier alpha value is -3.41. The normalized spacial score (nSPS) is 12.6. The van der Waals surface area contributed by atoms with Crippen molar-refractivity contribution in [2.24, 2.45) is 0 Å². The summed E-state index contributed by atoms with van der Waals surface area (Å²) in [7, 11) is 0. The van der Waals surface area contributed by atoms with E-state index in [1.54, 1.807) is 0 Å². The second-order valence-electron chi connectivity index (χ2n) is 24.1. The van der Waals surface area contributed by atoms with Gasteiger partial charge in [-0.2, -0.15) is 0 Å². The first-order valence-corrected chi connectivity index (χ1v) is 36.1. The molecule has 0 aliphatic carbocycles. The fourth-order valence-electron chi connectivity index (χ4n) is 10.5. The molecule has 0 heterocycles. The summed E-state index contributed by atoms with van der Waals surface area (Å²) in [6.45, 7) is 6.56. The Balaban J connectivity index is 4.15. The first-order valence-electron chi connectivity index (χ1n) is 36.1. The van der Waals surface area contributed by atoms with E-state index in [1.807, 2.05) is 0 Å². The third kappa shape index (κ3) is 69.3. The molecule has 0 N–H and O–H groups in total. The molecule has 83 heavy (non-hydrogen) atoms. The molecular formula is C77H136O6. The van der Waals surface area contributed by atoms with Gasteiger partial charge in [0.05, 0.1) is 0 Å². The van der Waals surface area contributed by atoms with Gasteiger partial charge < -0.3 is 14.2 Å². The maximum Gasteiger partial charge on any atom is 0.306 e. The molecule has 0 aliphatic heterocycles. The number of carbonyl (C=O) groups is 3. The molecule has 0 radical (unpaired) electrons. The number of hydrogen-bond acceptors (Lipinski definition) is 6. The van der Waals surface area contributed by atoms with Crippen molar-refractivity contribution in [1.29, 1.82) is 0 Å². The first kappa shape index (κ1) is 79.6. The van der Waals surface area contributed by atoms with Gasteiger partial charge in [0.2, 0.25) is 0 Å². The molecule has 0 saturated heterocycles. The minimum Gasteiger partial charge on any atom is -0.462 e. The predicted octanol–water partition coefficient (Wildman–Crippen LogP) is 25.0. The van der Waals surface area contributed by atoms with Crippen LogP contribution in [0.4, 0.5) is 0 Å². The maximum atomic E-state index is 12.9. The van der Waals surface area contributed by atoms with E-state index in [1.165, 1.54) is 225 Å². The summed E-state index contributed by atoms with van der Waals surface area (Å²) in [6.07, 6.45) is 94.8. The highest BCUT2D eigenvalue weighted by atomic mass is 16.6. The van der Waals surface area contributed by atoms with E-state index in [2.05, 4.69) is 106 Å². The zero-order valence-electron chi connectivity index (χ0n) is 55.2. The van der Waals surface area contributed by atoms with Gasteiger partial charge in [-0.3, -0.25) is 14.4 Å². The van der Waals surface area contributed by atoms with Gasteiger partial charge in [0.1, 0.15) is 13.2 Å². The van der Waals surface area contributed by atoms with Crippen molar-refractivity contribution in [2.75, 3.05) is 13.2 Å². The van der Waals surface area contributed by atoms with Crippen LogP contribution in [0.15, 0.2) is 85.1 Å². The number of allylic oxidation sites excluding steroid dienone is 14. The quantitative estimate of drug-likeness (QED) is 0.0261. The zero-order chi connectivity index (χ0) is 59.9. The number of carbonyl (C=O) groups excluding carboxylic acids is 3. The number of rotatable bonds is 66. The summed E-state index contributed by atoms with van der Waals surface area (Å²) in [6, 6.07) is 0. The number of unbranched alkanes of at least 4 members (excludes halogenated alkanes) is 41. The predicted molar refractivity (Wildman–Crippen MR) is 362 cm³/mol. The average Bonchev–Trinajstić information content (AvgIpc) is 3.49. The van der Waals surface area contributed by atoms with Crippen molar-refractivity contribution in [3.63, 3.8) is 0 Å². The zero-order valence-corrected chi connectivity index (χ0v) is 55.2. The summed E-state index contributed by atoms with van der Waals surface area (Å²) in [4.78, 5) is 38.4. The number of esters is 3. The minimum absolute atomic E-state index is 0.0730. The van der Waals surface area contributed by atoms with Crippen LogP contribution < -0.4 is 0 Å². The lowest BCUT2D eigenvalue weighted by Gasteiger charge is -2.18. The van der Waals surface area contributed by atoms with Gasteiger partial charge >= 0.3 is 17.9 Å². The third-order valence-electron chi connectivity index (χ3n) is 15.9. The van der Waals surface area contributed by atoms with E-state index in [0.717, 1.165) is 103 Å². The van der Waals surface area contributed by atoms with Gasteiger partial charge in [-0.25, -0.2) is 0 Å². The molecule has 6 heteroatoms. The van der Waals surface area contributed by atoms with Crippen molar-refractivity contribution >= 4 is 17.9 Å². The van der Waals surface area contributed by atoms with Crippen molar-refractivity contribution in [2.45, 2.75) is 374 Å². The molecule has 0 aromatic carbocycles. The highest BCUT2D eigenvalue weighted by molar-refractivity contribution is 5.71. The second kappa shape index (κ2) is 71.1. The Bertz CT molecular complexity index is 1570. The lowest BCUT2D eigenvalue weighted by Crippen LogP contribution is -2.30. The summed E-state index contributed by atoms with van der Waals surface area (Å²) < 4.78 is 17.0. The van der Waals surface area contributed by atoms with Crippen LogP contribution in [0.5, 0.6) is 0 Å². The lowest BCUT2D eigenvalue weighted by atomic mass is 10.0. The van der Waals surface area contributed by atoms with Crippen LogP contribution in [0.1, 0.15) is 367 Å². The fraction of sp³-hybridized carbons (Fsp3) is 0.779. The molecule has 0 rings (SSSR count). The van der Waals surface area contributed by atoms with Gasteiger partial charge in [0, 0.05) is 19.3 Å². The molecule has 0 aromatic rings. The third-order valence-corrected chi connectivity index (χ3v) is 15.9. The molecule has 480 valence electrons. The summed E-state index contributed by atoms with van der Waals surface area (Å²) in [5.41, 5.74) is 0. The smallest absolute Gasteiger partial charge is 0.306 e. The SMILES string of the molecule is CC/C=C\C/C=C\C/C=C\C/C=C\C/C=C\C/C=C\CCCCCCCCCCCCCCCCCCC(=O)OCC(COC(=O)CCCCCCC/C=C\CCCCCCC)OC(=O)CCCCCCCCCCCCCCCCCC. The number of hydrogen-bond donors (Lipinski definition) is 0. The molecule has 0 amide bonds. The molecule has 1 atom stereocenters. The standard InChI is InChI=1S/C77H136O6/c1-4-7-10-13-16-19-22-25-28-30-31-32-33-34-35-36-37-38-39-40-41-42-43-44-45-46-47-48-50-52-55-58-61-64-67-70-76(79)82-73-74(72-81-75(78)69-66-63-60-57-54-51-27-24-21-18-15-12-9-6-3)83-77(80)71-68-65-62-59-56-53-49-29-26-23-20-17-14-11-8-5-2/h7,10,16,19,24-25,27-28,31-32,34-35,37-38,74H,4-6,8-9,11-15,17-18,20-23,26,29-30,33,36,39-73H2,1-3H3/b10-7-,19-16-,27-24-,28-25-,32-31-,35-34-,38-37-. The van der Waals surface area contributed by atoms with Crippen LogP contribution >= 0.6 is 0 Å². The Kier molecular flexibility index (Phi) is 68.2. The monoisotopic (exact) mass is 1160 g/mol. The van der Waals surface area contributed by atoms with Gasteiger partial charge in [0.25, 0.3) is 0 Å². The second-order valence-corrected chi connectivity index (χ2v) is 24.1. The van der Waals surface area contributed by atoms with E-state index in [-0.39, 0.29) is 31.1 Å². The van der Waals surface area contributed by atoms with E-state index >= 15 is 0 Å². The Morgan fingerprint density at radius 3 is 0.747 bits per heavy atom. The summed E-state index contributed by atoms with van der Waals surface area (Å²) in [5.74, 6) is -0.859.